The molecule has 1 aliphatic heterocycles. The van der Waals surface area contributed by atoms with Crippen LogP contribution in [0.5, 0.6) is 0 Å². The Morgan fingerprint density at radius 2 is 2.00 bits per heavy atom. The van der Waals surface area contributed by atoms with E-state index in [1.54, 1.807) is 0 Å². The number of morpholine rings is 1. The lowest BCUT2D eigenvalue weighted by Gasteiger charge is -2.38. The molecule has 1 saturated carbocycles. The van der Waals surface area contributed by atoms with E-state index in [9.17, 15) is 4.79 Å². The normalized spacial score (nSPS) is 31.8. The van der Waals surface area contributed by atoms with Crippen molar-refractivity contribution < 1.29 is 9.53 Å². The average molecular weight is 226 g/mol. The summed E-state index contributed by atoms with van der Waals surface area (Å²) >= 11 is 0. The first kappa shape index (κ1) is 11.7. The first-order chi connectivity index (χ1) is 7.68. The standard InChI is InChI=1S/C12H22N2O2/c1-9-10(2)16-8-7-14(9)12(15)13-11-5-3-4-6-11/h9-11H,3-8H2,1-2H3,(H,13,15). The first-order valence-corrected chi connectivity index (χ1v) is 6.37. The molecule has 2 rings (SSSR count). The van der Waals surface area contributed by atoms with Gasteiger partial charge < -0.3 is 15.0 Å². The Hall–Kier alpha value is -0.770. The fourth-order valence-corrected chi connectivity index (χ4v) is 2.55. The Morgan fingerprint density at radius 1 is 1.31 bits per heavy atom. The lowest BCUT2D eigenvalue weighted by atomic mass is 10.1. The fourth-order valence-electron chi connectivity index (χ4n) is 2.55. The molecule has 16 heavy (non-hydrogen) atoms. The number of ether oxygens (including phenoxy) is 1. The van der Waals surface area contributed by atoms with Crippen molar-refractivity contribution in [1.82, 2.24) is 10.2 Å². The Morgan fingerprint density at radius 3 is 2.69 bits per heavy atom. The number of carbonyl (C=O) groups is 1. The van der Waals surface area contributed by atoms with Crippen LogP contribution in [0.3, 0.4) is 0 Å². The Balaban J connectivity index is 1.87. The predicted molar refractivity (Wildman–Crippen MR) is 62.4 cm³/mol. The van der Waals surface area contributed by atoms with Gasteiger partial charge in [0.1, 0.15) is 0 Å². The van der Waals surface area contributed by atoms with Crippen molar-refractivity contribution in [3.8, 4) is 0 Å². The van der Waals surface area contributed by atoms with Crippen molar-refractivity contribution in [1.29, 1.82) is 0 Å². The molecule has 0 aromatic heterocycles. The van der Waals surface area contributed by atoms with Gasteiger partial charge in [-0.2, -0.15) is 0 Å². The van der Waals surface area contributed by atoms with Crippen LogP contribution < -0.4 is 5.32 Å². The molecular weight excluding hydrogens is 204 g/mol. The zero-order valence-electron chi connectivity index (χ0n) is 10.2. The molecule has 1 aliphatic carbocycles. The van der Waals surface area contributed by atoms with Crippen LogP contribution in [0.4, 0.5) is 4.79 Å². The molecule has 1 N–H and O–H groups in total. The fraction of sp³-hybridized carbons (Fsp3) is 0.917. The number of amides is 2. The van der Waals surface area contributed by atoms with E-state index < -0.39 is 0 Å². The highest BCUT2D eigenvalue weighted by atomic mass is 16.5. The van der Waals surface area contributed by atoms with Crippen LogP contribution in [0.25, 0.3) is 0 Å². The highest BCUT2D eigenvalue weighted by Crippen LogP contribution is 2.19. The summed E-state index contributed by atoms with van der Waals surface area (Å²) in [5.74, 6) is 0. The summed E-state index contributed by atoms with van der Waals surface area (Å²) in [5.41, 5.74) is 0. The molecule has 0 spiro atoms. The van der Waals surface area contributed by atoms with Crippen LogP contribution in [-0.2, 0) is 4.74 Å². The van der Waals surface area contributed by atoms with Gasteiger partial charge in [-0.3, -0.25) is 0 Å². The molecule has 1 heterocycles. The molecule has 2 fully saturated rings. The van der Waals surface area contributed by atoms with Gasteiger partial charge in [-0.25, -0.2) is 4.79 Å². The quantitative estimate of drug-likeness (QED) is 0.740. The minimum absolute atomic E-state index is 0.0922. The van der Waals surface area contributed by atoms with Crippen LogP contribution >= 0.6 is 0 Å². The van der Waals surface area contributed by atoms with E-state index in [2.05, 4.69) is 12.2 Å². The van der Waals surface area contributed by atoms with Gasteiger partial charge in [-0.15, -0.1) is 0 Å². The molecule has 2 unspecified atom stereocenters. The lowest BCUT2D eigenvalue weighted by molar-refractivity contribution is -0.0379. The van der Waals surface area contributed by atoms with Crippen LogP contribution in [-0.4, -0.2) is 42.3 Å². The van der Waals surface area contributed by atoms with E-state index in [1.807, 2.05) is 11.8 Å². The smallest absolute Gasteiger partial charge is 0.318 e. The van der Waals surface area contributed by atoms with Gasteiger partial charge in [-0.05, 0) is 26.7 Å². The Labute approximate surface area is 97.3 Å². The summed E-state index contributed by atoms with van der Waals surface area (Å²) < 4.78 is 5.52. The van der Waals surface area contributed by atoms with Crippen LogP contribution in [0.2, 0.25) is 0 Å². The molecule has 2 amide bonds. The summed E-state index contributed by atoms with van der Waals surface area (Å²) in [6, 6.07) is 0.669. The molecule has 1 saturated heterocycles. The zero-order valence-corrected chi connectivity index (χ0v) is 10.2. The third kappa shape index (κ3) is 2.48. The van der Waals surface area contributed by atoms with Crippen LogP contribution in [0.1, 0.15) is 39.5 Å². The summed E-state index contributed by atoms with van der Waals surface area (Å²) in [7, 11) is 0. The predicted octanol–water partition coefficient (Wildman–Crippen LogP) is 1.75. The molecule has 2 aliphatic rings. The number of rotatable bonds is 1. The summed E-state index contributed by atoms with van der Waals surface area (Å²) in [4.78, 5) is 14.0. The van der Waals surface area contributed by atoms with Crippen molar-refractivity contribution in [3.05, 3.63) is 0 Å². The first-order valence-electron chi connectivity index (χ1n) is 6.37. The van der Waals surface area contributed by atoms with Crippen LogP contribution in [0.15, 0.2) is 0 Å². The Kier molecular flexibility index (Phi) is 3.69. The van der Waals surface area contributed by atoms with Gasteiger partial charge in [-0.1, -0.05) is 12.8 Å². The topological polar surface area (TPSA) is 41.6 Å². The number of nitrogens with one attached hydrogen (secondary N) is 1. The third-order valence-electron chi connectivity index (χ3n) is 3.83. The number of hydrogen-bond donors (Lipinski definition) is 1. The molecule has 4 heteroatoms. The van der Waals surface area contributed by atoms with Gasteiger partial charge in [0.15, 0.2) is 0 Å². The number of carbonyl (C=O) groups excluding carboxylic acids is 1. The van der Waals surface area contributed by atoms with E-state index in [-0.39, 0.29) is 18.2 Å². The largest absolute Gasteiger partial charge is 0.375 e. The second kappa shape index (κ2) is 5.04. The average Bonchev–Trinajstić information content (AvgIpc) is 2.74. The van der Waals surface area contributed by atoms with Crippen molar-refractivity contribution in [3.63, 3.8) is 0 Å². The molecular formula is C12H22N2O2. The lowest BCUT2D eigenvalue weighted by Crippen LogP contribution is -2.55. The zero-order chi connectivity index (χ0) is 11.5. The van der Waals surface area contributed by atoms with Gasteiger partial charge in [0.05, 0.1) is 18.8 Å². The van der Waals surface area contributed by atoms with E-state index in [0.717, 1.165) is 12.8 Å². The summed E-state index contributed by atoms with van der Waals surface area (Å²) in [6.07, 6.45) is 4.92. The van der Waals surface area contributed by atoms with Crippen molar-refractivity contribution in [2.45, 2.75) is 57.7 Å². The molecule has 0 aromatic rings. The number of hydrogen-bond acceptors (Lipinski definition) is 2. The minimum atomic E-state index is 0.0922. The second-order valence-corrected chi connectivity index (χ2v) is 4.94. The minimum Gasteiger partial charge on any atom is -0.375 e. The number of nitrogens with zero attached hydrogens (tertiary/aromatic N) is 1. The summed E-state index contributed by atoms with van der Waals surface area (Å²) in [5, 5.41) is 3.13. The van der Waals surface area contributed by atoms with Gasteiger partial charge in [0, 0.05) is 12.6 Å². The Bertz CT molecular complexity index is 251. The maximum Gasteiger partial charge on any atom is 0.318 e. The van der Waals surface area contributed by atoms with Crippen molar-refractivity contribution in [2.75, 3.05) is 13.2 Å². The molecule has 0 bridgehead atoms. The van der Waals surface area contributed by atoms with Gasteiger partial charge >= 0.3 is 6.03 Å². The number of urea groups is 1. The summed E-state index contributed by atoms with van der Waals surface area (Å²) in [6.45, 7) is 5.45. The third-order valence-corrected chi connectivity index (χ3v) is 3.83. The van der Waals surface area contributed by atoms with Crippen molar-refractivity contribution >= 4 is 6.03 Å². The van der Waals surface area contributed by atoms with E-state index >= 15 is 0 Å². The second-order valence-electron chi connectivity index (χ2n) is 4.94. The highest BCUT2D eigenvalue weighted by Gasteiger charge is 2.30. The van der Waals surface area contributed by atoms with E-state index in [0.29, 0.717) is 19.2 Å². The molecule has 4 nitrogen and oxygen atoms in total. The molecule has 0 radical (unpaired) electrons. The van der Waals surface area contributed by atoms with Gasteiger partial charge in [0.25, 0.3) is 0 Å². The SMILES string of the molecule is CC1OCCN(C(=O)NC2CCCC2)C1C. The van der Waals surface area contributed by atoms with E-state index in [1.165, 1.54) is 12.8 Å². The van der Waals surface area contributed by atoms with E-state index in [4.69, 9.17) is 4.74 Å². The monoisotopic (exact) mass is 226 g/mol. The van der Waals surface area contributed by atoms with Crippen LogP contribution in [0, 0.1) is 0 Å². The van der Waals surface area contributed by atoms with Gasteiger partial charge in [0.2, 0.25) is 0 Å². The van der Waals surface area contributed by atoms with Crippen molar-refractivity contribution in [2.24, 2.45) is 0 Å². The molecule has 2 atom stereocenters. The maximum atomic E-state index is 12.1. The molecule has 92 valence electrons. The maximum absolute atomic E-state index is 12.1. The molecule has 0 aromatic carbocycles. The highest BCUT2D eigenvalue weighted by molar-refractivity contribution is 5.75.